The zero-order valence-corrected chi connectivity index (χ0v) is 8.96. The molecule has 2 unspecified atom stereocenters. The third-order valence-corrected chi connectivity index (χ3v) is 4.08. The number of hydrogen-bond donors (Lipinski definition) is 1. The van der Waals surface area contributed by atoms with Gasteiger partial charge in [0, 0.05) is 24.1 Å². The van der Waals surface area contributed by atoms with Crippen molar-refractivity contribution in [2.24, 2.45) is 10.5 Å². The van der Waals surface area contributed by atoms with Gasteiger partial charge < -0.3 is 4.90 Å². The van der Waals surface area contributed by atoms with E-state index in [4.69, 9.17) is 0 Å². The van der Waals surface area contributed by atoms with E-state index >= 15 is 0 Å². The van der Waals surface area contributed by atoms with E-state index in [9.17, 15) is 4.79 Å². The van der Waals surface area contributed by atoms with E-state index in [-0.39, 0.29) is 5.91 Å². The maximum atomic E-state index is 11.1. The number of carbonyl (C=O) groups is 1. The van der Waals surface area contributed by atoms with Gasteiger partial charge in [0.25, 0.3) is 0 Å². The van der Waals surface area contributed by atoms with Gasteiger partial charge in [-0.1, -0.05) is 0 Å². The van der Waals surface area contributed by atoms with Crippen LogP contribution in [0, 0.1) is 5.41 Å². The van der Waals surface area contributed by atoms with Crippen molar-refractivity contribution in [3.05, 3.63) is 0 Å². The fourth-order valence-electron chi connectivity index (χ4n) is 3.23. The second kappa shape index (κ2) is 3.30. The predicted octanol–water partition coefficient (Wildman–Crippen LogP) is 0.738. The summed E-state index contributed by atoms with van der Waals surface area (Å²) in [6.07, 6.45) is 5.28. The Bertz CT molecular complexity index is 322. The van der Waals surface area contributed by atoms with Crippen LogP contribution in [0.15, 0.2) is 5.10 Å². The van der Waals surface area contributed by atoms with Gasteiger partial charge in [0.1, 0.15) is 0 Å². The minimum absolute atomic E-state index is 0.0702. The fraction of sp³-hybridized carbons (Fsp3) is 0.818. The van der Waals surface area contributed by atoms with Crippen molar-refractivity contribution in [1.29, 1.82) is 0 Å². The Morgan fingerprint density at radius 2 is 2.20 bits per heavy atom. The maximum absolute atomic E-state index is 11.1. The smallest absolute Gasteiger partial charge is 0.240 e. The Morgan fingerprint density at radius 3 is 3.00 bits per heavy atom. The van der Waals surface area contributed by atoms with Crippen LogP contribution in [0.25, 0.3) is 0 Å². The van der Waals surface area contributed by atoms with Crippen LogP contribution in [0.2, 0.25) is 0 Å². The van der Waals surface area contributed by atoms with Gasteiger partial charge in [0.05, 0.1) is 0 Å². The van der Waals surface area contributed by atoms with Gasteiger partial charge in [0.15, 0.2) is 0 Å². The molecule has 2 bridgehead atoms. The van der Waals surface area contributed by atoms with Crippen molar-refractivity contribution in [3.63, 3.8) is 0 Å². The quantitative estimate of drug-likeness (QED) is 0.689. The van der Waals surface area contributed by atoms with E-state index in [1.807, 2.05) is 0 Å². The minimum atomic E-state index is 0.0702. The number of piperidine rings is 1. The summed E-state index contributed by atoms with van der Waals surface area (Å²) in [5.74, 6) is 0.0702. The molecule has 3 aliphatic rings. The average Bonchev–Trinajstić information content (AvgIpc) is 2.56. The highest BCUT2D eigenvalue weighted by molar-refractivity contribution is 5.96. The van der Waals surface area contributed by atoms with Crippen LogP contribution in [0.1, 0.15) is 32.1 Å². The highest BCUT2D eigenvalue weighted by atomic mass is 16.2. The lowest BCUT2D eigenvalue weighted by Crippen LogP contribution is -2.42. The Balaban J connectivity index is 1.83. The van der Waals surface area contributed by atoms with Crippen LogP contribution < -0.4 is 5.43 Å². The van der Waals surface area contributed by atoms with Gasteiger partial charge in [-0.3, -0.25) is 4.79 Å². The number of fused-ring (bicyclic) bond motifs is 2. The van der Waals surface area contributed by atoms with E-state index in [2.05, 4.69) is 15.4 Å². The maximum Gasteiger partial charge on any atom is 0.240 e. The van der Waals surface area contributed by atoms with E-state index in [1.165, 1.54) is 44.6 Å². The number of amides is 1. The van der Waals surface area contributed by atoms with Crippen molar-refractivity contribution < 1.29 is 4.79 Å². The number of rotatable bonds is 1. The zero-order chi connectivity index (χ0) is 10.3. The lowest BCUT2D eigenvalue weighted by Gasteiger charge is -2.36. The standard InChI is InChI=1S/C11H17N3O/c15-10-3-2-9(12-13-10)11-4-1-6-14(8-11)7-5-11/h1-8H2,(H,13,15). The molecule has 3 aliphatic heterocycles. The van der Waals surface area contributed by atoms with Gasteiger partial charge in [-0.15, -0.1) is 0 Å². The molecule has 4 heteroatoms. The molecular weight excluding hydrogens is 190 g/mol. The van der Waals surface area contributed by atoms with Gasteiger partial charge in [0.2, 0.25) is 5.91 Å². The van der Waals surface area contributed by atoms with Crippen LogP contribution in [-0.4, -0.2) is 36.2 Å². The summed E-state index contributed by atoms with van der Waals surface area (Å²) >= 11 is 0. The predicted molar refractivity (Wildman–Crippen MR) is 57.5 cm³/mol. The Labute approximate surface area is 89.7 Å². The Hall–Kier alpha value is -0.900. The molecule has 2 atom stereocenters. The Morgan fingerprint density at radius 1 is 1.27 bits per heavy atom. The number of hydrazone groups is 1. The van der Waals surface area contributed by atoms with Gasteiger partial charge in [-0.2, -0.15) is 5.10 Å². The first kappa shape index (κ1) is 9.33. The highest BCUT2D eigenvalue weighted by Gasteiger charge is 2.45. The molecule has 1 N–H and O–H groups in total. The largest absolute Gasteiger partial charge is 0.302 e. The number of hydrogen-bond acceptors (Lipinski definition) is 3. The molecule has 4 nitrogen and oxygen atoms in total. The zero-order valence-electron chi connectivity index (χ0n) is 8.96. The summed E-state index contributed by atoms with van der Waals surface area (Å²) in [5.41, 5.74) is 4.20. The first-order valence-corrected chi connectivity index (χ1v) is 5.87. The molecule has 0 aromatic heterocycles. The minimum Gasteiger partial charge on any atom is -0.302 e. The van der Waals surface area contributed by atoms with E-state index < -0.39 is 0 Å². The summed E-state index contributed by atoms with van der Waals surface area (Å²) in [6.45, 7) is 3.63. The van der Waals surface area contributed by atoms with Crippen LogP contribution in [0.3, 0.4) is 0 Å². The molecule has 0 saturated carbocycles. The summed E-state index contributed by atoms with van der Waals surface area (Å²) in [5, 5.41) is 4.29. The van der Waals surface area contributed by atoms with Crippen molar-refractivity contribution in [3.8, 4) is 0 Å². The van der Waals surface area contributed by atoms with Crippen molar-refractivity contribution in [2.45, 2.75) is 32.1 Å². The molecule has 2 saturated heterocycles. The second-order valence-electron chi connectivity index (χ2n) is 5.00. The summed E-state index contributed by atoms with van der Waals surface area (Å²) < 4.78 is 0. The van der Waals surface area contributed by atoms with Crippen LogP contribution in [0.4, 0.5) is 0 Å². The van der Waals surface area contributed by atoms with E-state index in [0.717, 1.165) is 6.42 Å². The first-order valence-electron chi connectivity index (χ1n) is 5.87. The van der Waals surface area contributed by atoms with Crippen LogP contribution >= 0.6 is 0 Å². The highest BCUT2D eigenvalue weighted by Crippen LogP contribution is 2.41. The fourth-order valence-corrected chi connectivity index (χ4v) is 3.23. The number of nitrogens with zero attached hydrogens (tertiary/aromatic N) is 2. The molecule has 0 aliphatic carbocycles. The lowest BCUT2D eigenvalue weighted by molar-refractivity contribution is -0.121. The molecule has 3 heterocycles. The molecule has 0 aromatic rings. The lowest BCUT2D eigenvalue weighted by atomic mass is 9.75. The molecule has 1 amide bonds. The average molecular weight is 207 g/mol. The number of nitrogens with one attached hydrogen (secondary N) is 1. The summed E-state index contributed by atoms with van der Waals surface area (Å²) in [6, 6.07) is 0. The molecule has 0 spiro atoms. The molecule has 2 fully saturated rings. The SMILES string of the molecule is O=C1CCC(C23CCCN(CC2)C3)=NN1. The first-order chi connectivity index (χ1) is 7.28. The summed E-state index contributed by atoms with van der Waals surface area (Å²) in [4.78, 5) is 13.6. The van der Waals surface area contributed by atoms with Crippen molar-refractivity contribution in [1.82, 2.24) is 10.3 Å². The monoisotopic (exact) mass is 207 g/mol. The molecule has 0 aromatic carbocycles. The third-order valence-electron chi connectivity index (χ3n) is 4.08. The molecule has 15 heavy (non-hydrogen) atoms. The van der Waals surface area contributed by atoms with Crippen LogP contribution in [-0.2, 0) is 4.79 Å². The Kier molecular flexibility index (Phi) is 2.06. The topological polar surface area (TPSA) is 44.7 Å². The van der Waals surface area contributed by atoms with Crippen molar-refractivity contribution in [2.75, 3.05) is 19.6 Å². The molecule has 82 valence electrons. The second-order valence-corrected chi connectivity index (χ2v) is 5.00. The molecule has 3 rings (SSSR count). The van der Waals surface area contributed by atoms with E-state index in [0.29, 0.717) is 11.8 Å². The molecular formula is C11H17N3O. The van der Waals surface area contributed by atoms with Gasteiger partial charge >= 0.3 is 0 Å². The number of carbonyl (C=O) groups excluding carboxylic acids is 1. The summed E-state index contributed by atoms with van der Waals surface area (Å²) in [7, 11) is 0. The van der Waals surface area contributed by atoms with Crippen molar-refractivity contribution >= 4 is 11.6 Å². The normalized spacial score (nSPS) is 39.9. The van der Waals surface area contributed by atoms with Crippen LogP contribution in [0.5, 0.6) is 0 Å². The van der Waals surface area contributed by atoms with Gasteiger partial charge in [-0.25, -0.2) is 5.43 Å². The van der Waals surface area contributed by atoms with E-state index in [1.54, 1.807) is 0 Å². The molecule has 0 radical (unpaired) electrons. The van der Waals surface area contributed by atoms with Gasteiger partial charge in [-0.05, 0) is 38.8 Å². The third kappa shape index (κ3) is 1.47.